The van der Waals surface area contributed by atoms with Crippen LogP contribution < -0.4 is 5.32 Å². The van der Waals surface area contributed by atoms with Crippen LogP contribution in [0.1, 0.15) is 26.2 Å². The molecular weight excluding hydrogens is 285 g/mol. The van der Waals surface area contributed by atoms with Crippen LogP contribution >= 0.6 is 11.6 Å². The van der Waals surface area contributed by atoms with Crippen molar-refractivity contribution in [3.05, 3.63) is 29.0 Å². The van der Waals surface area contributed by atoms with Crippen LogP contribution in [0.25, 0.3) is 0 Å². The van der Waals surface area contributed by atoms with E-state index in [2.05, 4.69) is 5.32 Å². The molecular formula is C14H15ClFNO3. The number of rotatable bonds is 4. The van der Waals surface area contributed by atoms with Crippen LogP contribution in [-0.2, 0) is 14.3 Å². The Balaban J connectivity index is 1.91. The van der Waals surface area contributed by atoms with Gasteiger partial charge < -0.3 is 10.1 Å². The summed E-state index contributed by atoms with van der Waals surface area (Å²) in [5.74, 6) is -1.41. The van der Waals surface area contributed by atoms with Gasteiger partial charge in [-0.1, -0.05) is 18.0 Å². The van der Waals surface area contributed by atoms with Crippen LogP contribution in [0, 0.1) is 11.7 Å². The lowest BCUT2D eigenvalue weighted by atomic mass is 9.86. The van der Waals surface area contributed by atoms with Gasteiger partial charge in [0, 0.05) is 0 Å². The van der Waals surface area contributed by atoms with E-state index >= 15 is 0 Å². The fraction of sp³-hybridized carbons (Fsp3) is 0.429. The summed E-state index contributed by atoms with van der Waals surface area (Å²) in [4.78, 5) is 23.5. The maximum atomic E-state index is 12.9. The van der Waals surface area contributed by atoms with Crippen LogP contribution in [0.2, 0.25) is 5.02 Å². The summed E-state index contributed by atoms with van der Waals surface area (Å²) in [5, 5.41) is 2.60. The van der Waals surface area contributed by atoms with E-state index in [-0.39, 0.29) is 22.6 Å². The second-order valence-electron chi connectivity index (χ2n) is 4.82. The largest absolute Gasteiger partial charge is 0.452 e. The molecule has 0 aromatic heterocycles. The third kappa shape index (κ3) is 3.48. The first kappa shape index (κ1) is 14.8. The molecule has 1 amide bonds. The molecule has 6 heteroatoms. The van der Waals surface area contributed by atoms with E-state index in [1.54, 1.807) is 0 Å². The highest BCUT2D eigenvalue weighted by molar-refractivity contribution is 6.33. The molecule has 0 spiro atoms. The molecule has 0 bridgehead atoms. The summed E-state index contributed by atoms with van der Waals surface area (Å²) < 4.78 is 18.0. The van der Waals surface area contributed by atoms with Gasteiger partial charge >= 0.3 is 5.97 Å². The Morgan fingerprint density at radius 3 is 2.70 bits per heavy atom. The Kier molecular flexibility index (Phi) is 4.60. The molecule has 1 aromatic rings. The molecule has 1 aliphatic rings. The minimum absolute atomic E-state index is 0.0836. The van der Waals surface area contributed by atoms with E-state index < -0.39 is 17.8 Å². The second-order valence-corrected chi connectivity index (χ2v) is 5.23. The fourth-order valence-corrected chi connectivity index (χ4v) is 2.01. The highest BCUT2D eigenvalue weighted by Gasteiger charge is 2.29. The van der Waals surface area contributed by atoms with Crippen LogP contribution in [0.5, 0.6) is 0 Å². The molecule has 1 aliphatic carbocycles. The summed E-state index contributed by atoms with van der Waals surface area (Å²) in [6.07, 6.45) is 1.74. The average Bonchev–Trinajstić information content (AvgIpc) is 2.30. The van der Waals surface area contributed by atoms with Gasteiger partial charge in [0.2, 0.25) is 0 Å². The highest BCUT2D eigenvalue weighted by Crippen LogP contribution is 2.28. The number of anilines is 1. The molecule has 0 aliphatic heterocycles. The maximum absolute atomic E-state index is 12.9. The van der Waals surface area contributed by atoms with Crippen molar-refractivity contribution < 1.29 is 18.7 Å². The van der Waals surface area contributed by atoms with Crippen LogP contribution in [0.3, 0.4) is 0 Å². The van der Waals surface area contributed by atoms with Gasteiger partial charge in [0.05, 0.1) is 16.6 Å². The van der Waals surface area contributed by atoms with Gasteiger partial charge in [0.1, 0.15) is 5.82 Å². The van der Waals surface area contributed by atoms with Crippen molar-refractivity contribution in [2.75, 3.05) is 5.32 Å². The smallest absolute Gasteiger partial charge is 0.309 e. The predicted octanol–water partition coefficient (Wildman–Crippen LogP) is 3.15. The van der Waals surface area contributed by atoms with Crippen LogP contribution in [0.15, 0.2) is 18.2 Å². The number of benzene rings is 1. The van der Waals surface area contributed by atoms with Gasteiger partial charge in [-0.25, -0.2) is 4.39 Å². The van der Waals surface area contributed by atoms with Crippen molar-refractivity contribution in [3.63, 3.8) is 0 Å². The predicted molar refractivity (Wildman–Crippen MR) is 72.9 cm³/mol. The van der Waals surface area contributed by atoms with Crippen molar-refractivity contribution >= 4 is 29.2 Å². The summed E-state index contributed by atoms with van der Waals surface area (Å²) in [7, 11) is 0. The number of hydrogen-bond acceptors (Lipinski definition) is 3. The average molecular weight is 300 g/mol. The van der Waals surface area contributed by atoms with Crippen molar-refractivity contribution in [1.82, 2.24) is 0 Å². The molecule has 1 saturated carbocycles. The monoisotopic (exact) mass is 299 g/mol. The van der Waals surface area contributed by atoms with E-state index in [0.717, 1.165) is 25.3 Å². The Labute approximate surface area is 121 Å². The highest BCUT2D eigenvalue weighted by atomic mass is 35.5. The first-order chi connectivity index (χ1) is 9.47. The number of halogens is 2. The van der Waals surface area contributed by atoms with Crippen molar-refractivity contribution in [2.45, 2.75) is 32.3 Å². The first-order valence-electron chi connectivity index (χ1n) is 6.44. The summed E-state index contributed by atoms with van der Waals surface area (Å²) in [6.45, 7) is 1.49. The third-order valence-electron chi connectivity index (χ3n) is 3.29. The Morgan fingerprint density at radius 2 is 2.15 bits per heavy atom. The number of carbonyl (C=O) groups is 2. The van der Waals surface area contributed by atoms with Gasteiger partial charge in [0.25, 0.3) is 5.91 Å². The molecule has 108 valence electrons. The topological polar surface area (TPSA) is 55.4 Å². The number of esters is 1. The number of amides is 1. The van der Waals surface area contributed by atoms with Gasteiger partial charge in [0.15, 0.2) is 6.10 Å². The number of carbonyl (C=O) groups excluding carboxylic acids is 2. The Bertz CT molecular complexity index is 531. The van der Waals surface area contributed by atoms with Crippen molar-refractivity contribution in [3.8, 4) is 0 Å². The zero-order valence-corrected chi connectivity index (χ0v) is 11.7. The molecule has 1 N–H and O–H groups in total. The first-order valence-corrected chi connectivity index (χ1v) is 6.81. The lowest BCUT2D eigenvalue weighted by molar-refractivity contribution is -0.159. The fourth-order valence-electron chi connectivity index (χ4n) is 1.79. The Morgan fingerprint density at radius 1 is 1.45 bits per heavy atom. The molecule has 0 unspecified atom stereocenters. The molecule has 2 rings (SSSR count). The summed E-state index contributed by atoms with van der Waals surface area (Å²) >= 11 is 5.80. The van der Waals surface area contributed by atoms with Gasteiger partial charge in [-0.15, -0.1) is 0 Å². The van der Waals surface area contributed by atoms with Crippen molar-refractivity contribution in [1.29, 1.82) is 0 Å². The standard InChI is InChI=1S/C14H15ClFNO3/c1-8(20-14(19)9-3-2-4-9)13(18)17-12-6-5-10(16)7-11(12)15/h5-9H,2-4H2,1H3,(H,17,18)/t8-/m0/s1. The maximum Gasteiger partial charge on any atom is 0.309 e. The third-order valence-corrected chi connectivity index (χ3v) is 3.60. The lowest BCUT2D eigenvalue weighted by Crippen LogP contribution is -2.34. The Hall–Kier alpha value is -1.62. The zero-order chi connectivity index (χ0) is 14.7. The minimum atomic E-state index is -0.913. The minimum Gasteiger partial charge on any atom is -0.452 e. The van der Waals surface area contributed by atoms with Crippen LogP contribution in [0.4, 0.5) is 10.1 Å². The SMILES string of the molecule is C[C@H](OC(=O)C1CCC1)C(=O)Nc1ccc(F)cc1Cl. The van der Waals surface area contributed by atoms with Gasteiger partial charge in [-0.05, 0) is 38.0 Å². The quantitative estimate of drug-likeness (QED) is 0.869. The zero-order valence-electron chi connectivity index (χ0n) is 11.0. The van der Waals surface area contributed by atoms with Crippen molar-refractivity contribution in [2.24, 2.45) is 5.92 Å². The van der Waals surface area contributed by atoms with E-state index in [1.165, 1.54) is 19.1 Å². The molecule has 4 nitrogen and oxygen atoms in total. The molecule has 0 saturated heterocycles. The van der Waals surface area contributed by atoms with E-state index in [4.69, 9.17) is 16.3 Å². The number of ether oxygens (including phenoxy) is 1. The van der Waals surface area contributed by atoms with E-state index in [9.17, 15) is 14.0 Å². The molecule has 1 aromatic carbocycles. The normalized spacial score (nSPS) is 16.1. The number of nitrogens with one attached hydrogen (secondary N) is 1. The van der Waals surface area contributed by atoms with Gasteiger partial charge in [-0.3, -0.25) is 9.59 Å². The molecule has 0 radical (unpaired) electrons. The van der Waals surface area contributed by atoms with Crippen LogP contribution in [-0.4, -0.2) is 18.0 Å². The summed E-state index contributed by atoms with van der Waals surface area (Å²) in [6, 6.07) is 3.64. The van der Waals surface area contributed by atoms with E-state index in [0.29, 0.717) is 0 Å². The lowest BCUT2D eigenvalue weighted by Gasteiger charge is -2.24. The molecule has 20 heavy (non-hydrogen) atoms. The van der Waals surface area contributed by atoms with E-state index in [1.807, 2.05) is 0 Å². The molecule has 1 fully saturated rings. The molecule has 1 atom stereocenters. The summed E-state index contributed by atoms with van der Waals surface area (Å²) in [5.41, 5.74) is 0.282. The number of hydrogen-bond donors (Lipinski definition) is 1. The second kappa shape index (κ2) is 6.22. The molecule has 0 heterocycles. The van der Waals surface area contributed by atoms with Gasteiger partial charge in [-0.2, -0.15) is 0 Å².